The van der Waals surface area contributed by atoms with Gasteiger partial charge in [-0.3, -0.25) is 0 Å². The molecule has 0 aliphatic rings. The number of nitrogens with two attached hydrogens (primary N) is 1. The van der Waals surface area contributed by atoms with Gasteiger partial charge in [-0.25, -0.2) is 9.11 Å². The zero-order valence-corrected chi connectivity index (χ0v) is 16.8. The van der Waals surface area contributed by atoms with Crippen molar-refractivity contribution in [2.24, 2.45) is 0 Å². The fourth-order valence-electron chi connectivity index (χ4n) is 2.88. The Morgan fingerprint density at radius 2 is 1.96 bits per heavy atom. The molecule has 0 spiro atoms. The summed E-state index contributed by atoms with van der Waals surface area (Å²) >= 11 is 12.5. The molecule has 1 heterocycles. The predicted octanol–water partition coefficient (Wildman–Crippen LogP) is 6.21. The molecule has 10 heteroatoms. The van der Waals surface area contributed by atoms with Crippen LogP contribution < -0.4 is 10.5 Å². The van der Waals surface area contributed by atoms with Crippen LogP contribution in [0.5, 0.6) is 0 Å². The average Bonchev–Trinajstić information content (AvgIpc) is 2.89. The van der Waals surface area contributed by atoms with Crippen molar-refractivity contribution < 1.29 is 17.6 Å². The lowest BCUT2D eigenvalue weighted by Gasteiger charge is -2.23. The SMILES string of the molecule is Cc1cn(CC(NSc2c(N)cc(Cl)cc2Cl)C(F)(F)F)c2cccc(F)c12. The summed E-state index contributed by atoms with van der Waals surface area (Å²) in [5.74, 6) is -0.472. The van der Waals surface area contributed by atoms with E-state index in [4.69, 9.17) is 28.9 Å². The van der Waals surface area contributed by atoms with Gasteiger partial charge in [0.15, 0.2) is 0 Å². The number of fused-ring (bicyclic) bond motifs is 1. The summed E-state index contributed by atoms with van der Waals surface area (Å²) in [7, 11) is 0. The molecular weight excluding hydrogens is 437 g/mol. The number of nitrogen functional groups attached to an aromatic ring is 1. The first kappa shape index (κ1) is 21.1. The molecule has 150 valence electrons. The van der Waals surface area contributed by atoms with Crippen LogP contribution in [0.3, 0.4) is 0 Å². The number of aryl methyl sites for hydroxylation is 1. The van der Waals surface area contributed by atoms with Gasteiger partial charge >= 0.3 is 6.18 Å². The summed E-state index contributed by atoms with van der Waals surface area (Å²) < 4.78 is 58.6. The zero-order chi connectivity index (χ0) is 20.6. The highest BCUT2D eigenvalue weighted by molar-refractivity contribution is 7.97. The van der Waals surface area contributed by atoms with Crippen molar-refractivity contribution in [1.29, 1.82) is 0 Å². The van der Waals surface area contributed by atoms with Crippen molar-refractivity contribution in [3.8, 4) is 0 Å². The summed E-state index contributed by atoms with van der Waals surface area (Å²) in [5, 5.41) is 0.740. The van der Waals surface area contributed by atoms with Crippen LogP contribution in [0.1, 0.15) is 5.56 Å². The lowest BCUT2D eigenvalue weighted by Crippen LogP contribution is -2.42. The second kappa shape index (κ2) is 8.02. The Bertz CT molecular complexity index is 997. The molecule has 0 radical (unpaired) electrons. The number of hydrogen-bond donors (Lipinski definition) is 2. The number of benzene rings is 2. The third-order valence-electron chi connectivity index (χ3n) is 4.16. The minimum Gasteiger partial charge on any atom is -0.398 e. The van der Waals surface area contributed by atoms with Gasteiger partial charge in [0.05, 0.1) is 15.4 Å². The van der Waals surface area contributed by atoms with Gasteiger partial charge in [0.25, 0.3) is 0 Å². The molecule has 0 bridgehead atoms. The van der Waals surface area contributed by atoms with Crippen molar-refractivity contribution >= 4 is 51.7 Å². The molecule has 0 fully saturated rings. The highest BCUT2D eigenvalue weighted by Gasteiger charge is 2.40. The van der Waals surface area contributed by atoms with Gasteiger partial charge < -0.3 is 10.3 Å². The van der Waals surface area contributed by atoms with E-state index in [9.17, 15) is 17.6 Å². The number of halogens is 6. The molecule has 0 saturated carbocycles. The number of anilines is 1. The van der Waals surface area contributed by atoms with Gasteiger partial charge in [-0.15, -0.1) is 0 Å². The van der Waals surface area contributed by atoms with Crippen molar-refractivity contribution in [2.45, 2.75) is 30.6 Å². The number of hydrogen-bond acceptors (Lipinski definition) is 3. The fourth-order valence-corrected chi connectivity index (χ4v) is 4.31. The molecule has 3 rings (SSSR count). The molecule has 2 aromatic carbocycles. The molecule has 0 amide bonds. The van der Waals surface area contributed by atoms with Crippen LogP contribution in [-0.4, -0.2) is 16.8 Å². The topological polar surface area (TPSA) is 43.0 Å². The maximum atomic E-state index is 14.0. The van der Waals surface area contributed by atoms with Crippen LogP contribution in [0.15, 0.2) is 41.4 Å². The Kier molecular flexibility index (Phi) is 6.05. The van der Waals surface area contributed by atoms with Crippen LogP contribution in [0.2, 0.25) is 10.0 Å². The Hall–Kier alpha value is -1.61. The summed E-state index contributed by atoms with van der Waals surface area (Å²) in [6.45, 7) is 1.20. The van der Waals surface area contributed by atoms with Gasteiger partial charge in [-0.1, -0.05) is 29.3 Å². The second-order valence-corrected chi connectivity index (χ2v) is 7.91. The number of rotatable bonds is 5. The molecule has 28 heavy (non-hydrogen) atoms. The fraction of sp³-hybridized carbons (Fsp3) is 0.222. The number of aromatic nitrogens is 1. The minimum absolute atomic E-state index is 0.146. The Morgan fingerprint density at radius 3 is 2.61 bits per heavy atom. The first-order valence-corrected chi connectivity index (χ1v) is 9.62. The first-order chi connectivity index (χ1) is 13.1. The van der Waals surface area contributed by atoms with Gasteiger partial charge in [-0.2, -0.15) is 13.2 Å². The van der Waals surface area contributed by atoms with Crippen LogP contribution in [0.25, 0.3) is 10.9 Å². The van der Waals surface area contributed by atoms with Crippen LogP contribution in [-0.2, 0) is 6.54 Å². The molecular formula is C18H15Cl2F4N3S. The Morgan fingerprint density at radius 1 is 1.25 bits per heavy atom. The Labute approximate surface area is 172 Å². The largest absolute Gasteiger partial charge is 0.406 e. The monoisotopic (exact) mass is 451 g/mol. The van der Waals surface area contributed by atoms with Crippen LogP contribution in [0.4, 0.5) is 23.2 Å². The average molecular weight is 452 g/mol. The van der Waals surface area contributed by atoms with Crippen molar-refractivity contribution in [3.63, 3.8) is 0 Å². The molecule has 0 aliphatic heterocycles. The quantitative estimate of drug-likeness (QED) is 0.275. The summed E-state index contributed by atoms with van der Waals surface area (Å²) in [5.41, 5.74) is 6.93. The van der Waals surface area contributed by atoms with E-state index in [0.29, 0.717) is 28.4 Å². The highest BCUT2D eigenvalue weighted by Crippen LogP contribution is 2.36. The van der Waals surface area contributed by atoms with E-state index < -0.39 is 24.6 Å². The van der Waals surface area contributed by atoms with Crippen LogP contribution >= 0.6 is 35.1 Å². The van der Waals surface area contributed by atoms with Crippen molar-refractivity contribution in [1.82, 2.24) is 9.29 Å². The predicted molar refractivity (Wildman–Crippen MR) is 106 cm³/mol. The molecule has 0 aliphatic carbocycles. The third-order valence-corrected chi connectivity index (χ3v) is 5.85. The normalized spacial score (nSPS) is 13.2. The lowest BCUT2D eigenvalue weighted by molar-refractivity contribution is -0.153. The summed E-state index contributed by atoms with van der Waals surface area (Å²) in [6, 6.07) is 5.21. The van der Waals surface area contributed by atoms with E-state index in [1.165, 1.54) is 35.0 Å². The van der Waals surface area contributed by atoms with E-state index in [1.807, 2.05) is 0 Å². The summed E-state index contributed by atoms with van der Waals surface area (Å²) in [4.78, 5) is 0.250. The van der Waals surface area contributed by atoms with Gasteiger partial charge in [0.1, 0.15) is 11.9 Å². The highest BCUT2D eigenvalue weighted by atomic mass is 35.5. The molecule has 3 aromatic rings. The maximum absolute atomic E-state index is 14.0. The van der Waals surface area contributed by atoms with E-state index in [-0.39, 0.29) is 20.6 Å². The molecule has 3 N–H and O–H groups in total. The van der Waals surface area contributed by atoms with E-state index in [1.54, 1.807) is 13.0 Å². The third kappa shape index (κ3) is 4.35. The zero-order valence-electron chi connectivity index (χ0n) is 14.4. The standard InChI is InChI=1S/C18H15Cl2F4N3S/c1-9-7-27(14-4-2-3-12(21)16(9)14)8-15(18(22,23)24)26-28-17-11(20)5-10(19)6-13(17)25/h2-7,15,26H,8,25H2,1H3. The Balaban J connectivity index is 1.88. The molecule has 1 unspecified atom stereocenters. The number of alkyl halides is 3. The number of nitrogens with zero attached hydrogens (tertiary/aromatic N) is 1. The van der Waals surface area contributed by atoms with Gasteiger partial charge in [0.2, 0.25) is 0 Å². The van der Waals surface area contributed by atoms with E-state index in [0.717, 1.165) is 0 Å². The van der Waals surface area contributed by atoms with Crippen molar-refractivity contribution in [3.05, 3.63) is 58.0 Å². The summed E-state index contributed by atoms with van der Waals surface area (Å²) in [6.07, 6.45) is -3.05. The van der Waals surface area contributed by atoms with E-state index >= 15 is 0 Å². The minimum atomic E-state index is -4.56. The first-order valence-electron chi connectivity index (χ1n) is 8.05. The molecule has 0 saturated heterocycles. The molecule has 1 aromatic heterocycles. The van der Waals surface area contributed by atoms with Crippen molar-refractivity contribution in [2.75, 3.05) is 5.73 Å². The molecule has 1 atom stereocenters. The van der Waals surface area contributed by atoms with Gasteiger partial charge in [0, 0.05) is 28.8 Å². The second-order valence-electron chi connectivity index (χ2n) is 6.22. The smallest absolute Gasteiger partial charge is 0.398 e. The van der Waals surface area contributed by atoms with Gasteiger partial charge in [-0.05, 0) is 48.7 Å². The lowest BCUT2D eigenvalue weighted by atomic mass is 10.2. The van der Waals surface area contributed by atoms with E-state index in [2.05, 4.69) is 4.72 Å². The van der Waals surface area contributed by atoms with Crippen LogP contribution in [0, 0.1) is 12.7 Å². The maximum Gasteiger partial charge on any atom is 0.406 e. The number of nitrogens with one attached hydrogen (secondary N) is 1. The molecule has 3 nitrogen and oxygen atoms in total.